The lowest BCUT2D eigenvalue weighted by Crippen LogP contribution is -2.31. The molecule has 94 valence electrons. The van der Waals surface area contributed by atoms with E-state index in [2.05, 4.69) is 11.4 Å². The van der Waals surface area contributed by atoms with Crippen LogP contribution < -0.4 is 5.32 Å². The molecule has 1 aliphatic rings. The molecular formula is C14H16N2O2. The van der Waals surface area contributed by atoms with E-state index in [1.165, 1.54) is 0 Å². The molecule has 0 aromatic heterocycles. The van der Waals surface area contributed by atoms with Gasteiger partial charge in [0.25, 0.3) is 5.91 Å². The van der Waals surface area contributed by atoms with Gasteiger partial charge < -0.3 is 10.1 Å². The summed E-state index contributed by atoms with van der Waals surface area (Å²) < 4.78 is 5.41. The monoisotopic (exact) mass is 244 g/mol. The van der Waals surface area contributed by atoms with E-state index in [4.69, 9.17) is 10.00 Å². The molecule has 1 N–H and O–H groups in total. The molecule has 4 nitrogen and oxygen atoms in total. The Morgan fingerprint density at radius 2 is 2.33 bits per heavy atom. The summed E-state index contributed by atoms with van der Waals surface area (Å²) in [6.07, 6.45) is 0.494. The first kappa shape index (κ1) is 12.6. The maximum Gasteiger partial charge on any atom is 0.253 e. The zero-order valence-electron chi connectivity index (χ0n) is 10.6. The van der Waals surface area contributed by atoms with Crippen molar-refractivity contribution in [3.05, 3.63) is 29.3 Å². The molecular weight excluding hydrogens is 228 g/mol. The normalized spacial score (nSPS) is 22.5. The van der Waals surface area contributed by atoms with Crippen LogP contribution in [0.4, 0.5) is 5.69 Å². The standard InChI is InChI=1S/C14H16N2O2/c1-9-4-3-5-12(11(9)8-15)16-14(17)13-10(2)6-7-18-13/h3-5,10,13H,6-7H2,1-2H3,(H,16,17). The minimum absolute atomic E-state index is 0.165. The van der Waals surface area contributed by atoms with Crippen molar-refractivity contribution in [3.63, 3.8) is 0 Å². The summed E-state index contributed by atoms with van der Waals surface area (Å²) in [4.78, 5) is 12.1. The van der Waals surface area contributed by atoms with Crippen LogP contribution in [0.1, 0.15) is 24.5 Å². The summed E-state index contributed by atoms with van der Waals surface area (Å²) in [5.41, 5.74) is 1.93. The number of nitriles is 1. The van der Waals surface area contributed by atoms with Crippen LogP contribution in [0.25, 0.3) is 0 Å². The second kappa shape index (κ2) is 5.19. The molecule has 2 unspecified atom stereocenters. The van der Waals surface area contributed by atoms with E-state index in [0.29, 0.717) is 17.9 Å². The van der Waals surface area contributed by atoms with Crippen molar-refractivity contribution < 1.29 is 9.53 Å². The van der Waals surface area contributed by atoms with Gasteiger partial charge in [-0.05, 0) is 30.9 Å². The van der Waals surface area contributed by atoms with Gasteiger partial charge in [0.1, 0.15) is 12.2 Å². The molecule has 1 heterocycles. The van der Waals surface area contributed by atoms with Crippen LogP contribution in [-0.4, -0.2) is 18.6 Å². The van der Waals surface area contributed by atoms with Crippen molar-refractivity contribution in [2.75, 3.05) is 11.9 Å². The first-order chi connectivity index (χ1) is 8.63. The maximum atomic E-state index is 12.1. The molecule has 1 aromatic carbocycles. The molecule has 0 bridgehead atoms. The fourth-order valence-electron chi connectivity index (χ4n) is 2.15. The van der Waals surface area contributed by atoms with Gasteiger partial charge >= 0.3 is 0 Å². The first-order valence-corrected chi connectivity index (χ1v) is 6.05. The number of rotatable bonds is 2. The molecule has 1 fully saturated rings. The Bertz CT molecular complexity index is 505. The number of nitrogens with zero attached hydrogens (tertiary/aromatic N) is 1. The highest BCUT2D eigenvalue weighted by Gasteiger charge is 2.31. The fraction of sp³-hybridized carbons (Fsp3) is 0.429. The summed E-state index contributed by atoms with van der Waals surface area (Å²) in [7, 11) is 0. The molecule has 0 radical (unpaired) electrons. The molecule has 4 heteroatoms. The maximum absolute atomic E-state index is 12.1. The van der Waals surface area contributed by atoms with Gasteiger partial charge in [-0.1, -0.05) is 19.1 Å². The van der Waals surface area contributed by atoms with Crippen molar-refractivity contribution in [3.8, 4) is 6.07 Å². The van der Waals surface area contributed by atoms with E-state index in [0.717, 1.165) is 12.0 Å². The number of benzene rings is 1. The van der Waals surface area contributed by atoms with Crippen molar-refractivity contribution in [2.45, 2.75) is 26.4 Å². The Morgan fingerprint density at radius 3 is 2.94 bits per heavy atom. The molecule has 18 heavy (non-hydrogen) atoms. The van der Waals surface area contributed by atoms with E-state index in [1.54, 1.807) is 6.07 Å². The topological polar surface area (TPSA) is 62.1 Å². The van der Waals surface area contributed by atoms with Gasteiger partial charge in [0.05, 0.1) is 11.3 Å². The lowest BCUT2D eigenvalue weighted by molar-refractivity contribution is -0.126. The minimum atomic E-state index is -0.406. The van der Waals surface area contributed by atoms with Crippen LogP contribution in [0.15, 0.2) is 18.2 Å². The number of hydrogen-bond donors (Lipinski definition) is 1. The summed E-state index contributed by atoms with van der Waals surface area (Å²) in [5.74, 6) is 0.0578. The van der Waals surface area contributed by atoms with Crippen molar-refractivity contribution in [1.82, 2.24) is 0 Å². The molecule has 0 aliphatic carbocycles. The van der Waals surface area contributed by atoms with E-state index in [-0.39, 0.29) is 11.8 Å². The number of aryl methyl sites for hydroxylation is 1. The second-order valence-corrected chi connectivity index (χ2v) is 4.66. The first-order valence-electron chi connectivity index (χ1n) is 6.05. The number of anilines is 1. The Kier molecular flexibility index (Phi) is 3.63. The predicted octanol–water partition coefficient (Wildman–Crippen LogP) is 2.23. The zero-order valence-corrected chi connectivity index (χ0v) is 10.6. The third kappa shape index (κ3) is 2.36. The predicted molar refractivity (Wildman–Crippen MR) is 68.0 cm³/mol. The van der Waals surface area contributed by atoms with Crippen LogP contribution in [-0.2, 0) is 9.53 Å². The Balaban J connectivity index is 2.17. The highest BCUT2D eigenvalue weighted by atomic mass is 16.5. The molecule has 2 atom stereocenters. The van der Waals surface area contributed by atoms with Crippen LogP contribution >= 0.6 is 0 Å². The Labute approximate surface area is 107 Å². The van der Waals surface area contributed by atoms with Gasteiger partial charge in [0.15, 0.2) is 0 Å². The van der Waals surface area contributed by atoms with Crippen LogP contribution in [0.2, 0.25) is 0 Å². The summed E-state index contributed by atoms with van der Waals surface area (Å²) in [5, 5.41) is 11.9. The van der Waals surface area contributed by atoms with Crippen LogP contribution in [0, 0.1) is 24.2 Å². The number of carbonyl (C=O) groups excluding carboxylic acids is 1. The summed E-state index contributed by atoms with van der Waals surface area (Å²) in [6.45, 7) is 4.47. The molecule has 1 aliphatic heterocycles. The Morgan fingerprint density at radius 1 is 1.56 bits per heavy atom. The highest BCUT2D eigenvalue weighted by Crippen LogP contribution is 2.23. The average molecular weight is 244 g/mol. The van der Waals surface area contributed by atoms with E-state index in [1.807, 2.05) is 26.0 Å². The van der Waals surface area contributed by atoms with Gasteiger partial charge in [0.2, 0.25) is 0 Å². The van der Waals surface area contributed by atoms with E-state index >= 15 is 0 Å². The SMILES string of the molecule is Cc1cccc(NC(=O)C2OCCC2C)c1C#N. The highest BCUT2D eigenvalue weighted by molar-refractivity contribution is 5.95. The number of carbonyl (C=O) groups is 1. The number of amides is 1. The van der Waals surface area contributed by atoms with Crippen LogP contribution in [0.5, 0.6) is 0 Å². The zero-order chi connectivity index (χ0) is 13.1. The smallest absolute Gasteiger partial charge is 0.253 e. The van der Waals surface area contributed by atoms with Gasteiger partial charge in [-0.2, -0.15) is 5.26 Å². The van der Waals surface area contributed by atoms with Crippen molar-refractivity contribution >= 4 is 11.6 Å². The van der Waals surface area contributed by atoms with E-state index in [9.17, 15) is 4.79 Å². The molecule has 1 aromatic rings. The number of hydrogen-bond acceptors (Lipinski definition) is 3. The van der Waals surface area contributed by atoms with Gasteiger partial charge in [-0.25, -0.2) is 0 Å². The van der Waals surface area contributed by atoms with Gasteiger partial charge in [-0.3, -0.25) is 4.79 Å². The fourth-order valence-corrected chi connectivity index (χ4v) is 2.15. The molecule has 0 saturated carbocycles. The summed E-state index contributed by atoms with van der Waals surface area (Å²) in [6, 6.07) is 7.53. The Hall–Kier alpha value is -1.86. The lowest BCUT2D eigenvalue weighted by Gasteiger charge is -2.15. The molecule has 1 saturated heterocycles. The molecule has 2 rings (SSSR count). The van der Waals surface area contributed by atoms with Crippen LogP contribution in [0.3, 0.4) is 0 Å². The second-order valence-electron chi connectivity index (χ2n) is 4.66. The average Bonchev–Trinajstić information content (AvgIpc) is 2.76. The quantitative estimate of drug-likeness (QED) is 0.867. The molecule has 0 spiro atoms. The third-order valence-corrected chi connectivity index (χ3v) is 3.29. The van der Waals surface area contributed by atoms with Crippen molar-refractivity contribution in [2.24, 2.45) is 5.92 Å². The van der Waals surface area contributed by atoms with Gasteiger partial charge in [-0.15, -0.1) is 0 Å². The minimum Gasteiger partial charge on any atom is -0.368 e. The largest absolute Gasteiger partial charge is 0.368 e. The summed E-state index contributed by atoms with van der Waals surface area (Å²) >= 11 is 0. The van der Waals surface area contributed by atoms with Crippen molar-refractivity contribution in [1.29, 1.82) is 5.26 Å². The van der Waals surface area contributed by atoms with Gasteiger partial charge in [0, 0.05) is 6.61 Å². The lowest BCUT2D eigenvalue weighted by atomic mass is 10.0. The number of ether oxygens (including phenoxy) is 1. The molecule has 1 amide bonds. The third-order valence-electron chi connectivity index (χ3n) is 3.29. The van der Waals surface area contributed by atoms with E-state index < -0.39 is 6.10 Å². The number of nitrogens with one attached hydrogen (secondary N) is 1.